The van der Waals surface area contributed by atoms with Gasteiger partial charge in [-0.2, -0.15) is 9.50 Å². The van der Waals surface area contributed by atoms with Crippen LogP contribution in [0.4, 0.5) is 5.95 Å². The van der Waals surface area contributed by atoms with Crippen molar-refractivity contribution >= 4 is 39.2 Å². The minimum Gasteiger partial charge on any atom is -0.298 e. The molecule has 0 aliphatic rings. The Hall–Kier alpha value is -3.08. The van der Waals surface area contributed by atoms with Gasteiger partial charge >= 0.3 is 0 Å². The third-order valence-electron chi connectivity index (χ3n) is 3.29. The lowest BCUT2D eigenvalue weighted by molar-refractivity contribution is -0.116. The van der Waals surface area contributed by atoms with Crippen LogP contribution in [-0.4, -0.2) is 40.3 Å². The normalized spacial score (nSPS) is 11.3. The molecule has 0 bridgehead atoms. The summed E-state index contributed by atoms with van der Waals surface area (Å²) in [7, 11) is 0. The van der Waals surface area contributed by atoms with Crippen LogP contribution in [0.25, 0.3) is 16.0 Å². The molecule has 116 valence electrons. The molecule has 0 aliphatic heterocycles. The number of carbonyl (C=O) groups excluding carboxylic acids is 1. The fraction of sp³-hybridized carbons (Fsp3) is 0.167. The fourth-order valence-corrected chi connectivity index (χ4v) is 2.89. The molecule has 11 heteroatoms. The summed E-state index contributed by atoms with van der Waals surface area (Å²) in [4.78, 5) is 33.0. The predicted octanol–water partition coefficient (Wildman–Crippen LogP) is 0.253. The van der Waals surface area contributed by atoms with Crippen LogP contribution in [0.3, 0.4) is 0 Å². The minimum absolute atomic E-state index is 0.111. The lowest BCUT2D eigenvalue weighted by atomic mass is 10.3. The number of aromatic nitrogens is 7. The zero-order valence-electron chi connectivity index (χ0n) is 11.6. The van der Waals surface area contributed by atoms with Gasteiger partial charge in [0, 0.05) is 13.0 Å². The highest BCUT2D eigenvalue weighted by molar-refractivity contribution is 7.16. The van der Waals surface area contributed by atoms with Crippen LogP contribution in [0.5, 0.6) is 0 Å². The molecule has 0 aliphatic carbocycles. The molecule has 23 heavy (non-hydrogen) atoms. The Bertz CT molecular complexity index is 1060. The van der Waals surface area contributed by atoms with Gasteiger partial charge in [0.1, 0.15) is 11.2 Å². The number of nitrogens with zero attached hydrogens (tertiary/aromatic N) is 6. The second kappa shape index (κ2) is 5.28. The maximum Gasteiger partial charge on any atom is 0.273 e. The third-order valence-corrected chi connectivity index (χ3v) is 4.11. The van der Waals surface area contributed by atoms with Crippen molar-refractivity contribution in [3.63, 3.8) is 0 Å². The molecule has 1 amide bonds. The van der Waals surface area contributed by atoms with E-state index in [1.165, 1.54) is 33.1 Å². The minimum atomic E-state index is -0.286. The number of aryl methyl sites for hydroxylation is 1. The molecule has 0 radical (unpaired) electrons. The zero-order chi connectivity index (χ0) is 15.8. The first-order chi connectivity index (χ1) is 11.2. The number of carbonyl (C=O) groups is 1. The number of nitrogens with one attached hydrogen (secondary N) is 2. The molecule has 0 saturated carbocycles. The SMILES string of the molecule is O=C(CCn1cnc2sccc2c1=O)Nc1nnc2nc[nH]n12. The quantitative estimate of drug-likeness (QED) is 0.553. The van der Waals surface area contributed by atoms with E-state index in [1.54, 1.807) is 6.07 Å². The van der Waals surface area contributed by atoms with Gasteiger partial charge in [-0.3, -0.25) is 24.6 Å². The molecule has 0 unspecified atom stereocenters. The Kier molecular flexibility index (Phi) is 3.12. The second-order valence-electron chi connectivity index (χ2n) is 4.73. The Morgan fingerprint density at radius 2 is 2.26 bits per heavy atom. The van der Waals surface area contributed by atoms with Gasteiger partial charge in [0.25, 0.3) is 17.3 Å². The molecule has 0 aromatic carbocycles. The summed E-state index contributed by atoms with van der Waals surface area (Å²) in [5.41, 5.74) is -0.150. The van der Waals surface area contributed by atoms with Crippen LogP contribution in [0.2, 0.25) is 0 Å². The second-order valence-corrected chi connectivity index (χ2v) is 5.62. The van der Waals surface area contributed by atoms with Crippen LogP contribution in [0, 0.1) is 0 Å². The van der Waals surface area contributed by atoms with Crippen molar-refractivity contribution in [3.8, 4) is 0 Å². The summed E-state index contributed by atoms with van der Waals surface area (Å²) in [6.45, 7) is 0.231. The Morgan fingerprint density at radius 1 is 1.35 bits per heavy atom. The van der Waals surface area contributed by atoms with Crippen LogP contribution in [0.1, 0.15) is 6.42 Å². The van der Waals surface area contributed by atoms with E-state index in [1.807, 2.05) is 5.38 Å². The molecule has 0 saturated heterocycles. The van der Waals surface area contributed by atoms with Gasteiger partial charge in [-0.05, 0) is 11.4 Å². The van der Waals surface area contributed by atoms with Gasteiger partial charge in [-0.15, -0.1) is 21.5 Å². The highest BCUT2D eigenvalue weighted by atomic mass is 32.1. The molecule has 4 rings (SSSR count). The number of anilines is 1. The van der Waals surface area contributed by atoms with Crippen molar-refractivity contribution in [1.82, 2.24) is 34.3 Å². The summed E-state index contributed by atoms with van der Waals surface area (Å²) >= 11 is 1.41. The Labute approximate surface area is 131 Å². The van der Waals surface area contributed by atoms with E-state index in [4.69, 9.17) is 0 Å². The highest BCUT2D eigenvalue weighted by Gasteiger charge is 2.11. The van der Waals surface area contributed by atoms with E-state index in [0.717, 1.165) is 0 Å². The van der Waals surface area contributed by atoms with Crippen LogP contribution in [0.15, 0.2) is 28.9 Å². The average molecular weight is 330 g/mol. The largest absolute Gasteiger partial charge is 0.298 e. The lowest BCUT2D eigenvalue weighted by Gasteiger charge is -2.05. The zero-order valence-corrected chi connectivity index (χ0v) is 12.4. The Morgan fingerprint density at radius 3 is 3.17 bits per heavy atom. The number of hydrogen-bond acceptors (Lipinski definition) is 7. The van der Waals surface area contributed by atoms with E-state index in [-0.39, 0.29) is 30.4 Å². The predicted molar refractivity (Wildman–Crippen MR) is 82.3 cm³/mol. The Balaban J connectivity index is 1.47. The van der Waals surface area contributed by atoms with Gasteiger partial charge in [0.05, 0.1) is 11.7 Å². The first-order valence-electron chi connectivity index (χ1n) is 6.69. The third kappa shape index (κ3) is 2.36. The number of rotatable bonds is 4. The molecule has 4 heterocycles. The van der Waals surface area contributed by atoms with E-state index in [0.29, 0.717) is 16.0 Å². The monoisotopic (exact) mass is 330 g/mol. The smallest absolute Gasteiger partial charge is 0.273 e. The number of hydrogen-bond donors (Lipinski definition) is 2. The molecule has 4 aromatic rings. The molecule has 2 N–H and O–H groups in total. The summed E-state index contributed by atoms with van der Waals surface area (Å²) < 4.78 is 2.87. The number of fused-ring (bicyclic) bond motifs is 2. The number of H-pyrrole nitrogens is 1. The van der Waals surface area contributed by atoms with Crippen molar-refractivity contribution in [3.05, 3.63) is 34.5 Å². The fourth-order valence-electron chi connectivity index (χ4n) is 2.17. The number of amides is 1. The number of thiophene rings is 1. The molecule has 0 atom stereocenters. The van der Waals surface area contributed by atoms with Crippen molar-refractivity contribution < 1.29 is 4.79 Å². The number of aromatic amines is 1. The van der Waals surface area contributed by atoms with Gasteiger partial charge in [0.2, 0.25) is 5.91 Å². The summed E-state index contributed by atoms with van der Waals surface area (Å²) in [6, 6.07) is 1.73. The lowest BCUT2D eigenvalue weighted by Crippen LogP contribution is -2.23. The van der Waals surface area contributed by atoms with Crippen molar-refractivity contribution in [2.24, 2.45) is 0 Å². The first kappa shape index (κ1) is 13.6. The van der Waals surface area contributed by atoms with E-state index in [9.17, 15) is 9.59 Å². The average Bonchev–Trinajstić information content (AvgIpc) is 3.24. The van der Waals surface area contributed by atoms with Gasteiger partial charge in [-0.25, -0.2) is 4.98 Å². The van der Waals surface area contributed by atoms with Crippen molar-refractivity contribution in [2.75, 3.05) is 5.32 Å². The van der Waals surface area contributed by atoms with Crippen molar-refractivity contribution in [1.29, 1.82) is 0 Å². The van der Waals surface area contributed by atoms with Crippen molar-refractivity contribution in [2.45, 2.75) is 13.0 Å². The molecular formula is C12H10N8O2S. The molecule has 0 spiro atoms. The van der Waals surface area contributed by atoms with Gasteiger partial charge in [-0.1, -0.05) is 0 Å². The van der Waals surface area contributed by atoms with E-state index in [2.05, 4.69) is 30.6 Å². The molecular weight excluding hydrogens is 320 g/mol. The highest BCUT2D eigenvalue weighted by Crippen LogP contribution is 2.13. The summed E-state index contributed by atoms with van der Waals surface area (Å²) in [6.07, 6.45) is 3.01. The maximum atomic E-state index is 12.2. The van der Waals surface area contributed by atoms with Crippen LogP contribution < -0.4 is 10.9 Å². The summed E-state index contributed by atoms with van der Waals surface area (Å²) in [5, 5.41) is 15.4. The maximum absolute atomic E-state index is 12.2. The van der Waals surface area contributed by atoms with Crippen LogP contribution in [-0.2, 0) is 11.3 Å². The summed E-state index contributed by atoms with van der Waals surface area (Å²) in [5.74, 6) is 0.330. The van der Waals surface area contributed by atoms with Gasteiger partial charge in [0.15, 0.2) is 0 Å². The van der Waals surface area contributed by atoms with Crippen LogP contribution >= 0.6 is 11.3 Å². The topological polar surface area (TPSA) is 123 Å². The first-order valence-corrected chi connectivity index (χ1v) is 7.57. The molecule has 4 aromatic heterocycles. The molecule has 10 nitrogen and oxygen atoms in total. The standard InChI is InChI=1S/C12H10N8O2S/c21-8(16-12-18-17-11-13-5-15-20(11)12)1-3-19-6-14-9-7(10(19)22)2-4-23-9/h2,4-6H,1,3H2,(H,13,15,17)(H,16,18,21). The van der Waals surface area contributed by atoms with Gasteiger partial charge < -0.3 is 0 Å². The van der Waals surface area contributed by atoms with E-state index < -0.39 is 0 Å². The molecule has 0 fully saturated rings. The van der Waals surface area contributed by atoms with E-state index >= 15 is 0 Å².